The van der Waals surface area contributed by atoms with Gasteiger partial charge in [-0.15, -0.1) is 0 Å². The summed E-state index contributed by atoms with van der Waals surface area (Å²) in [6.45, 7) is 5.46. The van der Waals surface area contributed by atoms with Gasteiger partial charge in [-0.05, 0) is 37.2 Å². The van der Waals surface area contributed by atoms with Crippen LogP contribution in [0.15, 0.2) is 23.4 Å². The van der Waals surface area contributed by atoms with Crippen LogP contribution in [0, 0.1) is 5.41 Å². The lowest BCUT2D eigenvalue weighted by molar-refractivity contribution is 0.449. The number of aromatic nitrogens is 1. The minimum atomic E-state index is -3.51. The SMILES string of the molecule is CCCNc1ccncc1S(=O)(=O)NCC1(CCC)CC1. The van der Waals surface area contributed by atoms with Crippen molar-refractivity contribution in [3.8, 4) is 0 Å². The van der Waals surface area contributed by atoms with Gasteiger partial charge in [0, 0.05) is 25.5 Å². The molecule has 0 spiro atoms. The molecule has 0 aliphatic heterocycles. The van der Waals surface area contributed by atoms with Crippen molar-refractivity contribution >= 4 is 15.7 Å². The van der Waals surface area contributed by atoms with Gasteiger partial charge in [-0.1, -0.05) is 20.3 Å². The van der Waals surface area contributed by atoms with E-state index in [9.17, 15) is 8.42 Å². The van der Waals surface area contributed by atoms with Crippen molar-refractivity contribution in [3.05, 3.63) is 18.5 Å². The average molecular weight is 311 g/mol. The fourth-order valence-corrected chi connectivity index (χ4v) is 3.83. The normalized spacial score (nSPS) is 16.7. The van der Waals surface area contributed by atoms with Crippen molar-refractivity contribution in [3.63, 3.8) is 0 Å². The Balaban J connectivity index is 2.09. The maximum Gasteiger partial charge on any atom is 0.244 e. The fraction of sp³-hybridized carbons (Fsp3) is 0.667. The molecule has 2 rings (SSSR count). The summed E-state index contributed by atoms with van der Waals surface area (Å²) in [5.74, 6) is 0. The summed E-state index contributed by atoms with van der Waals surface area (Å²) in [6, 6.07) is 1.71. The zero-order chi connectivity index (χ0) is 15.3. The maximum absolute atomic E-state index is 12.5. The van der Waals surface area contributed by atoms with Gasteiger partial charge in [0.05, 0.1) is 5.69 Å². The second-order valence-corrected chi connectivity index (χ2v) is 7.61. The lowest BCUT2D eigenvalue weighted by Gasteiger charge is -2.16. The summed E-state index contributed by atoms with van der Waals surface area (Å²) in [4.78, 5) is 4.20. The van der Waals surface area contributed by atoms with Crippen LogP contribution in [0.1, 0.15) is 46.0 Å². The summed E-state index contributed by atoms with van der Waals surface area (Å²) >= 11 is 0. The van der Waals surface area contributed by atoms with E-state index in [1.54, 1.807) is 12.3 Å². The Morgan fingerprint density at radius 3 is 2.67 bits per heavy atom. The first-order valence-corrected chi connectivity index (χ1v) is 9.19. The zero-order valence-corrected chi connectivity index (χ0v) is 13.7. The minimum absolute atomic E-state index is 0.195. The van der Waals surface area contributed by atoms with Gasteiger partial charge in [-0.3, -0.25) is 4.98 Å². The van der Waals surface area contributed by atoms with Gasteiger partial charge in [0.2, 0.25) is 10.0 Å². The predicted molar refractivity (Wildman–Crippen MR) is 84.8 cm³/mol. The lowest BCUT2D eigenvalue weighted by Crippen LogP contribution is -2.31. The van der Waals surface area contributed by atoms with Crippen molar-refractivity contribution in [1.82, 2.24) is 9.71 Å². The van der Waals surface area contributed by atoms with E-state index in [0.29, 0.717) is 12.2 Å². The number of anilines is 1. The predicted octanol–water partition coefficient (Wildman–Crippen LogP) is 2.76. The van der Waals surface area contributed by atoms with Gasteiger partial charge in [0.1, 0.15) is 4.90 Å². The molecular formula is C15H25N3O2S. The number of nitrogens with zero attached hydrogens (tertiary/aromatic N) is 1. The Morgan fingerprint density at radius 1 is 1.29 bits per heavy atom. The molecule has 5 nitrogen and oxygen atoms in total. The molecule has 1 aliphatic carbocycles. The molecule has 0 aromatic carbocycles. The molecule has 0 radical (unpaired) electrons. The molecule has 1 aromatic heterocycles. The molecule has 1 heterocycles. The number of pyridine rings is 1. The van der Waals surface area contributed by atoms with Crippen LogP contribution >= 0.6 is 0 Å². The minimum Gasteiger partial charge on any atom is -0.384 e. The molecule has 0 bridgehead atoms. The van der Waals surface area contributed by atoms with Crippen LogP contribution in [0.4, 0.5) is 5.69 Å². The second kappa shape index (κ2) is 6.75. The highest BCUT2D eigenvalue weighted by Crippen LogP contribution is 2.49. The van der Waals surface area contributed by atoms with Crippen molar-refractivity contribution in [2.45, 2.75) is 50.8 Å². The maximum atomic E-state index is 12.5. The van der Waals surface area contributed by atoms with Crippen molar-refractivity contribution < 1.29 is 8.42 Å². The van der Waals surface area contributed by atoms with Gasteiger partial charge < -0.3 is 5.32 Å². The quantitative estimate of drug-likeness (QED) is 0.735. The van der Waals surface area contributed by atoms with Crippen LogP contribution in [0.25, 0.3) is 0 Å². The molecule has 1 saturated carbocycles. The number of rotatable bonds is 9. The summed E-state index contributed by atoms with van der Waals surface area (Å²) in [5, 5.41) is 3.15. The van der Waals surface area contributed by atoms with E-state index in [0.717, 1.165) is 38.6 Å². The average Bonchev–Trinajstić information content (AvgIpc) is 3.24. The largest absolute Gasteiger partial charge is 0.384 e. The molecule has 21 heavy (non-hydrogen) atoms. The Labute approximate surface area is 127 Å². The Morgan fingerprint density at radius 2 is 2.05 bits per heavy atom. The molecule has 118 valence electrons. The Bertz CT molecular complexity index is 568. The first-order chi connectivity index (χ1) is 10.0. The lowest BCUT2D eigenvalue weighted by atomic mass is 10.0. The van der Waals surface area contributed by atoms with Crippen LogP contribution in [0.2, 0.25) is 0 Å². The van der Waals surface area contributed by atoms with Crippen molar-refractivity contribution in [1.29, 1.82) is 0 Å². The topological polar surface area (TPSA) is 71.1 Å². The van der Waals surface area contributed by atoms with Crippen LogP contribution in [0.5, 0.6) is 0 Å². The highest BCUT2D eigenvalue weighted by Gasteiger charge is 2.42. The van der Waals surface area contributed by atoms with Crippen LogP contribution in [-0.4, -0.2) is 26.5 Å². The van der Waals surface area contributed by atoms with Crippen molar-refractivity contribution in [2.24, 2.45) is 5.41 Å². The van der Waals surface area contributed by atoms with Crippen molar-refractivity contribution in [2.75, 3.05) is 18.4 Å². The van der Waals surface area contributed by atoms with E-state index < -0.39 is 10.0 Å². The molecule has 0 saturated heterocycles. The number of hydrogen-bond acceptors (Lipinski definition) is 4. The first kappa shape index (κ1) is 16.2. The summed E-state index contributed by atoms with van der Waals surface area (Å²) in [6.07, 6.45) is 8.39. The smallest absolute Gasteiger partial charge is 0.244 e. The summed E-state index contributed by atoms with van der Waals surface area (Å²) < 4.78 is 27.8. The van der Waals surface area contributed by atoms with Gasteiger partial charge >= 0.3 is 0 Å². The third-order valence-corrected chi connectivity index (χ3v) is 5.44. The third-order valence-electron chi connectivity index (χ3n) is 4.01. The molecule has 2 N–H and O–H groups in total. The van der Waals surface area contributed by atoms with Crippen LogP contribution < -0.4 is 10.0 Å². The van der Waals surface area contributed by atoms with E-state index >= 15 is 0 Å². The van der Waals surface area contributed by atoms with Crippen LogP contribution in [0.3, 0.4) is 0 Å². The second-order valence-electron chi connectivity index (χ2n) is 5.87. The highest BCUT2D eigenvalue weighted by atomic mass is 32.2. The molecule has 1 aromatic rings. The van der Waals surface area contributed by atoms with E-state index in [-0.39, 0.29) is 10.3 Å². The van der Waals surface area contributed by atoms with E-state index in [4.69, 9.17) is 0 Å². The molecule has 0 unspecified atom stereocenters. The standard InChI is InChI=1S/C15H25N3O2S/c1-3-6-15(7-8-15)12-18-21(19,20)14-11-16-10-5-13(14)17-9-4-2/h5,10-11,18H,3-4,6-9,12H2,1-2H3,(H,16,17). The molecule has 0 atom stereocenters. The molecular weight excluding hydrogens is 286 g/mol. The summed E-state index contributed by atoms with van der Waals surface area (Å²) in [7, 11) is -3.51. The van der Waals surface area contributed by atoms with E-state index in [2.05, 4.69) is 21.9 Å². The fourth-order valence-electron chi connectivity index (χ4n) is 2.55. The molecule has 1 aliphatic rings. The third kappa shape index (κ3) is 4.17. The molecule has 6 heteroatoms. The number of sulfonamides is 1. The van der Waals surface area contributed by atoms with Gasteiger partial charge in [0.15, 0.2) is 0 Å². The zero-order valence-electron chi connectivity index (χ0n) is 12.9. The monoisotopic (exact) mass is 311 g/mol. The number of nitrogens with one attached hydrogen (secondary N) is 2. The Hall–Kier alpha value is -1.14. The highest BCUT2D eigenvalue weighted by molar-refractivity contribution is 7.89. The van der Waals surface area contributed by atoms with Gasteiger partial charge in [-0.25, -0.2) is 13.1 Å². The number of hydrogen-bond donors (Lipinski definition) is 2. The molecule has 0 amide bonds. The van der Waals surface area contributed by atoms with Crippen LogP contribution in [-0.2, 0) is 10.0 Å². The Kier molecular flexibility index (Phi) is 5.22. The van der Waals surface area contributed by atoms with Gasteiger partial charge in [-0.2, -0.15) is 0 Å². The van der Waals surface area contributed by atoms with E-state index in [1.165, 1.54) is 6.20 Å². The first-order valence-electron chi connectivity index (χ1n) is 7.70. The summed E-state index contributed by atoms with van der Waals surface area (Å²) in [5.41, 5.74) is 0.820. The van der Waals surface area contributed by atoms with Gasteiger partial charge in [0.25, 0.3) is 0 Å². The molecule has 1 fully saturated rings. The van der Waals surface area contributed by atoms with E-state index in [1.807, 2.05) is 6.92 Å².